The van der Waals surface area contributed by atoms with Crippen molar-refractivity contribution >= 4 is 0 Å². The van der Waals surface area contributed by atoms with Gasteiger partial charge in [0.15, 0.2) is 0 Å². The summed E-state index contributed by atoms with van der Waals surface area (Å²) in [6.45, 7) is 10.5. The summed E-state index contributed by atoms with van der Waals surface area (Å²) in [5.74, 6) is 0.731. The standard InChI is InChI=1S/C13H25N/c1-11(2)12-7-6-10-14(5)13(3,4)9-8-12/h7,11H,6,8-10H2,1-5H3/b12-7-. The van der Waals surface area contributed by atoms with Crippen LogP contribution in [0.25, 0.3) is 0 Å². The first-order valence-electron chi connectivity index (χ1n) is 5.83. The Labute approximate surface area is 89.2 Å². The number of hydrogen-bond acceptors (Lipinski definition) is 1. The number of rotatable bonds is 1. The molecule has 0 saturated carbocycles. The zero-order valence-electron chi connectivity index (χ0n) is 10.4. The molecule has 0 atom stereocenters. The van der Waals surface area contributed by atoms with Crippen LogP contribution in [0.15, 0.2) is 11.6 Å². The minimum atomic E-state index is 0.369. The van der Waals surface area contributed by atoms with Gasteiger partial charge in [-0.25, -0.2) is 0 Å². The van der Waals surface area contributed by atoms with Gasteiger partial charge in [-0.2, -0.15) is 0 Å². The van der Waals surface area contributed by atoms with Crippen LogP contribution in [0, 0.1) is 5.92 Å². The molecule has 14 heavy (non-hydrogen) atoms. The van der Waals surface area contributed by atoms with Crippen molar-refractivity contribution in [1.82, 2.24) is 4.90 Å². The van der Waals surface area contributed by atoms with Gasteiger partial charge < -0.3 is 4.90 Å². The highest BCUT2D eigenvalue weighted by Gasteiger charge is 2.24. The Morgan fingerprint density at radius 3 is 2.57 bits per heavy atom. The molecule has 0 N–H and O–H groups in total. The van der Waals surface area contributed by atoms with Gasteiger partial charge in [0, 0.05) is 12.1 Å². The van der Waals surface area contributed by atoms with Gasteiger partial charge in [0.2, 0.25) is 0 Å². The summed E-state index contributed by atoms with van der Waals surface area (Å²) >= 11 is 0. The monoisotopic (exact) mass is 195 g/mol. The van der Waals surface area contributed by atoms with Gasteiger partial charge in [-0.3, -0.25) is 0 Å². The lowest BCUT2D eigenvalue weighted by atomic mass is 9.87. The highest BCUT2D eigenvalue weighted by atomic mass is 15.2. The quantitative estimate of drug-likeness (QED) is 0.579. The van der Waals surface area contributed by atoms with Crippen LogP contribution >= 0.6 is 0 Å². The summed E-state index contributed by atoms with van der Waals surface area (Å²) in [6.07, 6.45) is 6.23. The average molecular weight is 195 g/mol. The Kier molecular flexibility index (Phi) is 3.77. The minimum Gasteiger partial charge on any atom is -0.301 e. The summed E-state index contributed by atoms with van der Waals surface area (Å²) in [5, 5.41) is 0. The molecular weight excluding hydrogens is 170 g/mol. The van der Waals surface area contributed by atoms with E-state index in [4.69, 9.17) is 0 Å². The fourth-order valence-electron chi connectivity index (χ4n) is 2.01. The molecular formula is C13H25N. The van der Waals surface area contributed by atoms with E-state index in [0.29, 0.717) is 5.54 Å². The zero-order valence-corrected chi connectivity index (χ0v) is 10.4. The smallest absolute Gasteiger partial charge is 0.0153 e. The van der Waals surface area contributed by atoms with E-state index in [9.17, 15) is 0 Å². The Morgan fingerprint density at radius 1 is 1.36 bits per heavy atom. The first-order valence-corrected chi connectivity index (χ1v) is 5.83. The molecule has 82 valence electrons. The van der Waals surface area contributed by atoms with E-state index in [1.54, 1.807) is 5.57 Å². The van der Waals surface area contributed by atoms with Gasteiger partial charge in [0.1, 0.15) is 0 Å². The molecule has 0 saturated heterocycles. The third-order valence-electron chi connectivity index (χ3n) is 3.67. The van der Waals surface area contributed by atoms with Crippen LogP contribution in [0.5, 0.6) is 0 Å². The fourth-order valence-corrected chi connectivity index (χ4v) is 2.01. The minimum absolute atomic E-state index is 0.369. The van der Waals surface area contributed by atoms with Gasteiger partial charge in [-0.15, -0.1) is 0 Å². The Bertz CT molecular complexity index is 213. The maximum absolute atomic E-state index is 2.49. The molecule has 1 heterocycles. The molecule has 1 heteroatoms. The molecule has 0 bridgehead atoms. The van der Waals surface area contributed by atoms with E-state index < -0.39 is 0 Å². The molecule has 1 nitrogen and oxygen atoms in total. The third kappa shape index (κ3) is 2.84. The topological polar surface area (TPSA) is 3.24 Å². The normalized spacial score (nSPS) is 28.0. The molecule has 0 aromatic heterocycles. The summed E-state index contributed by atoms with van der Waals surface area (Å²) in [5.41, 5.74) is 2.03. The van der Waals surface area contributed by atoms with Crippen LogP contribution in [0.2, 0.25) is 0 Å². The Hall–Kier alpha value is -0.300. The molecule has 1 rings (SSSR count). The molecule has 0 aromatic carbocycles. The summed E-state index contributed by atoms with van der Waals surface area (Å²) < 4.78 is 0. The summed E-state index contributed by atoms with van der Waals surface area (Å²) in [4.78, 5) is 2.49. The second-order valence-electron chi connectivity index (χ2n) is 5.46. The first-order chi connectivity index (χ1) is 6.43. The molecule has 0 spiro atoms. The molecule has 1 aliphatic heterocycles. The number of nitrogens with zero attached hydrogens (tertiary/aromatic N) is 1. The Morgan fingerprint density at radius 2 is 2.00 bits per heavy atom. The lowest BCUT2D eigenvalue weighted by molar-refractivity contribution is 0.144. The van der Waals surface area contributed by atoms with Crippen molar-refractivity contribution < 1.29 is 0 Å². The van der Waals surface area contributed by atoms with Crippen LogP contribution in [-0.2, 0) is 0 Å². The SMILES string of the molecule is CC(C)/C1=C\CCN(C)C(C)(C)CC1. The van der Waals surface area contributed by atoms with Crippen molar-refractivity contribution in [2.45, 2.75) is 52.5 Å². The highest BCUT2D eigenvalue weighted by molar-refractivity contribution is 5.07. The second kappa shape index (κ2) is 4.48. The predicted molar refractivity (Wildman–Crippen MR) is 63.5 cm³/mol. The zero-order chi connectivity index (χ0) is 10.8. The van der Waals surface area contributed by atoms with Gasteiger partial charge >= 0.3 is 0 Å². The van der Waals surface area contributed by atoms with E-state index in [1.807, 2.05) is 0 Å². The van der Waals surface area contributed by atoms with Gasteiger partial charge in [0.05, 0.1) is 0 Å². The van der Waals surface area contributed by atoms with Crippen LogP contribution in [0.1, 0.15) is 47.0 Å². The van der Waals surface area contributed by atoms with Crippen LogP contribution in [0.3, 0.4) is 0 Å². The van der Waals surface area contributed by atoms with Crippen LogP contribution < -0.4 is 0 Å². The van der Waals surface area contributed by atoms with Gasteiger partial charge in [-0.05, 0) is 46.1 Å². The number of allylic oxidation sites excluding steroid dienone is 1. The molecule has 0 aromatic rings. The first kappa shape index (κ1) is 11.8. The molecule has 1 aliphatic rings. The lowest BCUT2D eigenvalue weighted by Crippen LogP contribution is -2.42. The molecule has 0 aliphatic carbocycles. The maximum Gasteiger partial charge on any atom is 0.0153 e. The van der Waals surface area contributed by atoms with E-state index in [2.05, 4.69) is 45.7 Å². The molecule has 0 radical (unpaired) electrons. The van der Waals surface area contributed by atoms with E-state index in [0.717, 1.165) is 5.92 Å². The summed E-state index contributed by atoms with van der Waals surface area (Å²) in [6, 6.07) is 0. The van der Waals surface area contributed by atoms with Crippen molar-refractivity contribution in [1.29, 1.82) is 0 Å². The van der Waals surface area contributed by atoms with Crippen molar-refractivity contribution in [3.05, 3.63) is 11.6 Å². The predicted octanol–water partition coefficient (Wildman–Crippen LogP) is 3.46. The van der Waals surface area contributed by atoms with E-state index >= 15 is 0 Å². The number of hydrogen-bond donors (Lipinski definition) is 0. The maximum atomic E-state index is 2.49. The van der Waals surface area contributed by atoms with Gasteiger partial charge in [0.25, 0.3) is 0 Å². The molecule has 0 amide bonds. The van der Waals surface area contributed by atoms with Crippen molar-refractivity contribution in [2.75, 3.05) is 13.6 Å². The highest BCUT2D eigenvalue weighted by Crippen LogP contribution is 2.27. The fraction of sp³-hybridized carbons (Fsp3) is 0.846. The average Bonchev–Trinajstić information content (AvgIpc) is 2.07. The van der Waals surface area contributed by atoms with Crippen molar-refractivity contribution in [3.8, 4) is 0 Å². The van der Waals surface area contributed by atoms with E-state index in [-0.39, 0.29) is 0 Å². The van der Waals surface area contributed by atoms with Crippen molar-refractivity contribution in [2.24, 2.45) is 5.92 Å². The van der Waals surface area contributed by atoms with Gasteiger partial charge in [-0.1, -0.05) is 25.5 Å². The third-order valence-corrected chi connectivity index (χ3v) is 3.67. The van der Waals surface area contributed by atoms with Crippen molar-refractivity contribution in [3.63, 3.8) is 0 Å². The lowest BCUT2D eigenvalue weighted by Gasteiger charge is -2.37. The van der Waals surface area contributed by atoms with E-state index in [1.165, 1.54) is 25.8 Å². The molecule has 0 unspecified atom stereocenters. The molecule has 0 fully saturated rings. The summed E-state index contributed by atoms with van der Waals surface area (Å²) in [7, 11) is 2.24. The Balaban J connectivity index is 2.69. The van der Waals surface area contributed by atoms with Crippen LogP contribution in [0.4, 0.5) is 0 Å². The van der Waals surface area contributed by atoms with Crippen LogP contribution in [-0.4, -0.2) is 24.0 Å². The second-order valence-corrected chi connectivity index (χ2v) is 5.46. The largest absolute Gasteiger partial charge is 0.301 e.